The third-order valence-corrected chi connectivity index (χ3v) is 5.80. The number of carbonyl (C=O) groups is 4. The smallest absolute Gasteiger partial charge is 0.323 e. The molecule has 12 nitrogen and oxygen atoms in total. The van der Waals surface area contributed by atoms with Crippen LogP contribution >= 0.6 is 0 Å². The molecule has 1 atom stereocenters. The van der Waals surface area contributed by atoms with Crippen LogP contribution in [0.15, 0.2) is 0 Å². The van der Waals surface area contributed by atoms with E-state index in [1.54, 1.807) is 19.1 Å². The van der Waals surface area contributed by atoms with Crippen LogP contribution < -0.4 is 5.43 Å². The minimum atomic E-state index is -0.702. The van der Waals surface area contributed by atoms with Gasteiger partial charge in [-0.3, -0.25) is 39.3 Å². The Morgan fingerprint density at radius 1 is 0.683 bits per heavy atom. The van der Waals surface area contributed by atoms with Crippen molar-refractivity contribution >= 4 is 23.8 Å². The van der Waals surface area contributed by atoms with E-state index in [4.69, 9.17) is 14.2 Å². The molecule has 0 saturated carbocycles. The summed E-state index contributed by atoms with van der Waals surface area (Å²) in [5.74, 6) is -1.30. The summed E-state index contributed by atoms with van der Waals surface area (Å²) >= 11 is 0. The Bertz CT molecular complexity index is 832. The van der Waals surface area contributed by atoms with Gasteiger partial charge in [-0.1, -0.05) is 0 Å². The lowest BCUT2D eigenvalue weighted by Gasteiger charge is -2.34. The second-order valence-electron chi connectivity index (χ2n) is 13.8. The van der Waals surface area contributed by atoms with E-state index in [9.17, 15) is 19.2 Å². The Morgan fingerprint density at radius 2 is 1.07 bits per heavy atom. The van der Waals surface area contributed by atoms with Crippen LogP contribution in [0.5, 0.6) is 0 Å². The van der Waals surface area contributed by atoms with E-state index in [0.29, 0.717) is 39.3 Å². The molecular weight excluding hydrogens is 530 g/mol. The topological polar surface area (TPSA) is 121 Å². The zero-order valence-electron chi connectivity index (χ0n) is 27.3. The molecule has 1 heterocycles. The van der Waals surface area contributed by atoms with Crippen LogP contribution in [0.25, 0.3) is 0 Å². The van der Waals surface area contributed by atoms with Gasteiger partial charge >= 0.3 is 17.9 Å². The summed E-state index contributed by atoms with van der Waals surface area (Å²) in [7, 11) is 3.45. The molecule has 1 rings (SSSR count). The average molecular weight is 586 g/mol. The highest BCUT2D eigenvalue weighted by atomic mass is 16.6. The van der Waals surface area contributed by atoms with E-state index >= 15 is 0 Å². The molecule has 12 heteroatoms. The van der Waals surface area contributed by atoms with Gasteiger partial charge < -0.3 is 14.2 Å². The maximum absolute atomic E-state index is 13.4. The van der Waals surface area contributed by atoms with Crippen LogP contribution in [-0.2, 0) is 33.4 Å². The summed E-state index contributed by atoms with van der Waals surface area (Å²) in [5, 5.41) is 1.56. The molecule has 1 amide bonds. The first-order valence-corrected chi connectivity index (χ1v) is 14.5. The molecule has 0 spiro atoms. The quantitative estimate of drug-likeness (QED) is 0.229. The summed E-state index contributed by atoms with van der Waals surface area (Å²) < 4.78 is 16.9. The van der Waals surface area contributed by atoms with Gasteiger partial charge in [-0.2, -0.15) is 0 Å². The number of ether oxygens (including phenoxy) is 3. The molecule has 1 N–H and O–H groups in total. The summed E-state index contributed by atoms with van der Waals surface area (Å²) in [6, 6.07) is -0.688. The Hall–Kier alpha value is -2.28. The van der Waals surface area contributed by atoms with E-state index < -0.39 is 28.8 Å². The highest BCUT2D eigenvalue weighted by Crippen LogP contribution is 2.17. The number of amides is 1. The van der Waals surface area contributed by atoms with Gasteiger partial charge in [-0.15, -0.1) is 0 Å². The lowest BCUT2D eigenvalue weighted by atomic mass is 10.1. The Balaban J connectivity index is 3.23. The van der Waals surface area contributed by atoms with Crippen molar-refractivity contribution in [1.29, 1.82) is 0 Å². The molecule has 1 aliphatic heterocycles. The molecular formula is C29H55N5O7. The van der Waals surface area contributed by atoms with E-state index in [1.807, 2.05) is 77.0 Å². The highest BCUT2D eigenvalue weighted by Gasteiger charge is 2.33. The number of hydrogen-bond donors (Lipinski definition) is 1. The minimum Gasteiger partial charge on any atom is -0.459 e. The molecule has 41 heavy (non-hydrogen) atoms. The van der Waals surface area contributed by atoms with Crippen molar-refractivity contribution in [2.45, 2.75) is 98.0 Å². The van der Waals surface area contributed by atoms with Crippen molar-refractivity contribution in [1.82, 2.24) is 25.1 Å². The van der Waals surface area contributed by atoms with Crippen LogP contribution in [0, 0.1) is 0 Å². The number of hydrazine groups is 1. The van der Waals surface area contributed by atoms with Crippen molar-refractivity contribution < 1.29 is 33.4 Å². The predicted molar refractivity (Wildman–Crippen MR) is 157 cm³/mol. The first-order chi connectivity index (χ1) is 18.6. The van der Waals surface area contributed by atoms with Gasteiger partial charge in [0.2, 0.25) is 5.91 Å². The van der Waals surface area contributed by atoms with Crippen LogP contribution in [0.3, 0.4) is 0 Å². The molecule has 0 aliphatic carbocycles. The van der Waals surface area contributed by atoms with Crippen LogP contribution in [0.1, 0.15) is 75.2 Å². The first kappa shape index (κ1) is 36.7. The van der Waals surface area contributed by atoms with E-state index in [-0.39, 0.29) is 43.8 Å². The van der Waals surface area contributed by atoms with E-state index in [0.717, 1.165) is 0 Å². The normalized spacial score (nSPS) is 17.7. The Kier molecular flexibility index (Phi) is 14.2. The first-order valence-electron chi connectivity index (χ1n) is 14.5. The number of hydrogen-bond acceptors (Lipinski definition) is 11. The zero-order chi connectivity index (χ0) is 31.6. The van der Waals surface area contributed by atoms with Gasteiger partial charge in [0.15, 0.2) is 0 Å². The molecule has 0 bridgehead atoms. The molecule has 1 aliphatic rings. The number of nitrogens with one attached hydrogen (secondary N) is 1. The summed E-state index contributed by atoms with van der Waals surface area (Å²) in [6.45, 7) is 19.5. The van der Waals surface area contributed by atoms with Gasteiger partial charge in [0, 0.05) is 59.8 Å². The van der Waals surface area contributed by atoms with Crippen molar-refractivity contribution in [2.24, 2.45) is 0 Å². The van der Waals surface area contributed by atoms with Crippen LogP contribution in [0.2, 0.25) is 0 Å². The maximum atomic E-state index is 13.4. The summed E-state index contributed by atoms with van der Waals surface area (Å²) in [4.78, 5) is 57.2. The van der Waals surface area contributed by atoms with Gasteiger partial charge in [-0.05, 0) is 68.7 Å². The Labute approximate surface area is 246 Å². The minimum absolute atomic E-state index is 0.0771. The molecule has 0 aromatic rings. The van der Waals surface area contributed by atoms with Crippen LogP contribution in [0.4, 0.5) is 0 Å². The summed E-state index contributed by atoms with van der Waals surface area (Å²) in [6.07, 6.45) is 0.383. The number of carbonyl (C=O) groups excluding carboxylic acids is 4. The molecule has 238 valence electrons. The van der Waals surface area contributed by atoms with Gasteiger partial charge in [0.05, 0.1) is 13.1 Å². The second kappa shape index (κ2) is 15.8. The molecule has 1 saturated heterocycles. The lowest BCUT2D eigenvalue weighted by Crippen LogP contribution is -2.49. The fourth-order valence-corrected chi connectivity index (χ4v) is 4.29. The monoisotopic (exact) mass is 585 g/mol. The van der Waals surface area contributed by atoms with Crippen LogP contribution in [-0.4, -0.2) is 133 Å². The highest BCUT2D eigenvalue weighted by molar-refractivity contribution is 5.79. The standard InChI is InChI=1S/C29H55N5O7/c1-27(2,3)39-24(36)20-32-14-15-33(21-25(37)40-28(4,5)6)17-19-34(18-16-32)22(26(38)41-29(7,8)9)12-13-23(35)30-31(10)11/h22H,12-21H2,1-11H3,(H,30,35). The molecule has 0 aromatic carbocycles. The van der Waals surface area contributed by atoms with Gasteiger partial charge in [-0.25, -0.2) is 5.01 Å². The SMILES string of the molecule is CN(C)NC(=O)CCC(C(=O)OC(C)(C)C)N1CCN(CC(=O)OC(C)(C)C)CCN(CC(=O)OC(C)(C)C)CC1. The average Bonchev–Trinajstić information content (AvgIpc) is 2.81. The molecule has 0 radical (unpaired) electrons. The second-order valence-corrected chi connectivity index (χ2v) is 13.8. The third-order valence-electron chi connectivity index (χ3n) is 5.80. The van der Waals surface area contributed by atoms with E-state index in [1.165, 1.54) is 0 Å². The lowest BCUT2D eigenvalue weighted by molar-refractivity contribution is -0.163. The van der Waals surface area contributed by atoms with Crippen molar-refractivity contribution in [3.05, 3.63) is 0 Å². The summed E-state index contributed by atoms with van der Waals surface area (Å²) in [5.41, 5.74) is 0.796. The number of nitrogens with zero attached hydrogens (tertiary/aromatic N) is 4. The fraction of sp³-hybridized carbons (Fsp3) is 0.862. The zero-order valence-corrected chi connectivity index (χ0v) is 27.3. The molecule has 1 fully saturated rings. The van der Waals surface area contributed by atoms with Crippen molar-refractivity contribution in [2.75, 3.05) is 66.5 Å². The maximum Gasteiger partial charge on any atom is 0.323 e. The van der Waals surface area contributed by atoms with Gasteiger partial charge in [0.1, 0.15) is 22.8 Å². The fourth-order valence-electron chi connectivity index (χ4n) is 4.29. The third kappa shape index (κ3) is 17.3. The molecule has 0 aromatic heterocycles. The van der Waals surface area contributed by atoms with Gasteiger partial charge in [0.25, 0.3) is 0 Å². The number of esters is 3. The number of rotatable bonds is 10. The predicted octanol–water partition coefficient (Wildman–Crippen LogP) is 1.67. The van der Waals surface area contributed by atoms with Crippen molar-refractivity contribution in [3.63, 3.8) is 0 Å². The Morgan fingerprint density at radius 3 is 1.44 bits per heavy atom. The molecule has 1 unspecified atom stereocenters. The van der Waals surface area contributed by atoms with Crippen molar-refractivity contribution in [3.8, 4) is 0 Å². The van der Waals surface area contributed by atoms with E-state index in [2.05, 4.69) is 5.43 Å². The largest absolute Gasteiger partial charge is 0.459 e.